The summed E-state index contributed by atoms with van der Waals surface area (Å²) in [5.74, 6) is 1.16. The Balaban J connectivity index is 2.17. The zero-order valence-corrected chi connectivity index (χ0v) is 12.5. The first-order chi connectivity index (χ1) is 8.60. The molecular weight excluding hydrogens is 242 g/mol. The lowest BCUT2D eigenvalue weighted by molar-refractivity contribution is 0.714. The van der Waals surface area contributed by atoms with Crippen LogP contribution in [0.15, 0.2) is 12.3 Å². The maximum Gasteiger partial charge on any atom is 0.131 e. The van der Waals surface area contributed by atoms with Gasteiger partial charge >= 0.3 is 0 Å². The van der Waals surface area contributed by atoms with E-state index in [2.05, 4.69) is 53.8 Å². The summed E-state index contributed by atoms with van der Waals surface area (Å²) in [5, 5.41) is 4.54. The van der Waals surface area contributed by atoms with Crippen LogP contribution in [0.1, 0.15) is 25.0 Å². The van der Waals surface area contributed by atoms with Gasteiger partial charge in [0.2, 0.25) is 0 Å². The van der Waals surface area contributed by atoms with E-state index in [1.165, 1.54) is 11.1 Å². The van der Waals surface area contributed by atoms with Crippen LogP contribution in [0.25, 0.3) is 0 Å². The van der Waals surface area contributed by atoms with Crippen molar-refractivity contribution >= 4 is 17.6 Å². The Hall–Kier alpha value is -0.740. The third-order valence-electron chi connectivity index (χ3n) is 3.21. The van der Waals surface area contributed by atoms with Crippen molar-refractivity contribution in [3.63, 3.8) is 0 Å². The highest BCUT2D eigenvalue weighted by atomic mass is 32.2. The summed E-state index contributed by atoms with van der Waals surface area (Å²) in [5.41, 5.74) is 2.54. The molecule has 1 aliphatic rings. The van der Waals surface area contributed by atoms with Crippen molar-refractivity contribution in [2.75, 3.05) is 25.0 Å². The van der Waals surface area contributed by atoms with Crippen LogP contribution in [0.2, 0.25) is 0 Å². The van der Waals surface area contributed by atoms with Gasteiger partial charge in [0, 0.05) is 36.3 Å². The standard InChI is InChI=1S/C14H23N3S/c1-10-5-13(6-15-4)7-16-14(10)17-8-11(2)18-12(3)9-17/h5,7,11-12,15H,6,8-9H2,1-4H3. The summed E-state index contributed by atoms with van der Waals surface area (Å²) in [7, 11) is 1.97. The molecule has 1 aromatic heterocycles. The molecule has 1 aliphatic heterocycles. The molecule has 2 rings (SSSR count). The first kappa shape index (κ1) is 13.7. The van der Waals surface area contributed by atoms with Crippen LogP contribution < -0.4 is 10.2 Å². The Bertz CT molecular complexity index is 398. The van der Waals surface area contributed by atoms with Gasteiger partial charge in [-0.25, -0.2) is 4.98 Å². The molecule has 3 nitrogen and oxygen atoms in total. The summed E-state index contributed by atoms with van der Waals surface area (Å²) in [6.45, 7) is 9.87. The smallest absolute Gasteiger partial charge is 0.131 e. The van der Waals surface area contributed by atoms with Crippen LogP contribution >= 0.6 is 11.8 Å². The van der Waals surface area contributed by atoms with Crippen molar-refractivity contribution in [3.05, 3.63) is 23.4 Å². The van der Waals surface area contributed by atoms with E-state index in [4.69, 9.17) is 0 Å². The molecule has 2 heterocycles. The first-order valence-electron chi connectivity index (χ1n) is 6.60. The highest BCUT2D eigenvalue weighted by Gasteiger charge is 2.24. The van der Waals surface area contributed by atoms with Crippen LogP contribution in [0.3, 0.4) is 0 Å². The number of hydrogen-bond acceptors (Lipinski definition) is 4. The zero-order chi connectivity index (χ0) is 13.1. The summed E-state index contributed by atoms with van der Waals surface area (Å²) in [4.78, 5) is 7.10. The van der Waals surface area contributed by atoms with E-state index in [9.17, 15) is 0 Å². The topological polar surface area (TPSA) is 28.2 Å². The lowest BCUT2D eigenvalue weighted by Gasteiger charge is -2.36. The fourth-order valence-corrected chi connectivity index (χ4v) is 3.93. The molecule has 0 spiro atoms. The van der Waals surface area contributed by atoms with E-state index >= 15 is 0 Å². The molecule has 0 amide bonds. The molecular formula is C14H23N3S. The summed E-state index contributed by atoms with van der Waals surface area (Å²) < 4.78 is 0. The molecule has 0 bridgehead atoms. The Morgan fingerprint density at radius 1 is 1.39 bits per heavy atom. The summed E-state index contributed by atoms with van der Waals surface area (Å²) >= 11 is 2.08. The first-order valence-corrected chi connectivity index (χ1v) is 7.55. The van der Waals surface area contributed by atoms with Gasteiger partial charge in [-0.1, -0.05) is 13.8 Å². The van der Waals surface area contributed by atoms with E-state index in [-0.39, 0.29) is 0 Å². The Kier molecular flexibility index (Phi) is 4.51. The molecule has 0 saturated carbocycles. The third-order valence-corrected chi connectivity index (χ3v) is 4.43. The normalized spacial score (nSPS) is 24.3. The molecule has 0 aliphatic carbocycles. The number of nitrogens with zero attached hydrogens (tertiary/aromatic N) is 2. The van der Waals surface area contributed by atoms with Gasteiger partial charge in [-0.3, -0.25) is 0 Å². The fraction of sp³-hybridized carbons (Fsp3) is 0.643. The van der Waals surface area contributed by atoms with Gasteiger partial charge in [0.05, 0.1) is 0 Å². The minimum atomic E-state index is 0.687. The molecule has 1 saturated heterocycles. The lowest BCUT2D eigenvalue weighted by atomic mass is 10.2. The van der Waals surface area contributed by atoms with Gasteiger partial charge < -0.3 is 10.2 Å². The number of thioether (sulfide) groups is 1. The number of aryl methyl sites for hydroxylation is 1. The highest BCUT2D eigenvalue weighted by molar-refractivity contribution is 8.00. The monoisotopic (exact) mass is 265 g/mol. The second-order valence-electron chi connectivity index (χ2n) is 5.18. The SMILES string of the molecule is CNCc1cnc(N2CC(C)SC(C)C2)c(C)c1. The quantitative estimate of drug-likeness (QED) is 0.908. The predicted molar refractivity (Wildman–Crippen MR) is 80.5 cm³/mol. The van der Waals surface area contributed by atoms with E-state index in [1.54, 1.807) is 0 Å². The minimum absolute atomic E-state index is 0.687. The van der Waals surface area contributed by atoms with E-state index in [0.717, 1.165) is 25.5 Å². The maximum absolute atomic E-state index is 4.67. The molecule has 2 unspecified atom stereocenters. The molecule has 1 aromatic rings. The second kappa shape index (κ2) is 5.93. The highest BCUT2D eigenvalue weighted by Crippen LogP contribution is 2.29. The van der Waals surface area contributed by atoms with Gasteiger partial charge in [-0.15, -0.1) is 0 Å². The van der Waals surface area contributed by atoms with Crippen LogP contribution in [0.4, 0.5) is 5.82 Å². The van der Waals surface area contributed by atoms with E-state index in [1.807, 2.05) is 13.2 Å². The third kappa shape index (κ3) is 3.18. The number of aromatic nitrogens is 1. The number of hydrogen-bond donors (Lipinski definition) is 1. The average Bonchev–Trinajstić information content (AvgIpc) is 2.28. The van der Waals surface area contributed by atoms with Crippen LogP contribution in [-0.4, -0.2) is 35.6 Å². The van der Waals surface area contributed by atoms with E-state index < -0.39 is 0 Å². The lowest BCUT2D eigenvalue weighted by Crippen LogP contribution is -2.41. The van der Waals surface area contributed by atoms with Crippen molar-refractivity contribution < 1.29 is 0 Å². The van der Waals surface area contributed by atoms with Crippen LogP contribution in [0, 0.1) is 6.92 Å². The molecule has 4 heteroatoms. The van der Waals surface area contributed by atoms with Crippen molar-refractivity contribution in [1.29, 1.82) is 0 Å². The van der Waals surface area contributed by atoms with Crippen molar-refractivity contribution in [3.8, 4) is 0 Å². The van der Waals surface area contributed by atoms with Crippen LogP contribution in [-0.2, 0) is 6.54 Å². The predicted octanol–water partition coefficient (Wildman–Crippen LogP) is 2.44. The number of nitrogens with one attached hydrogen (secondary N) is 1. The molecule has 1 N–H and O–H groups in total. The molecule has 100 valence electrons. The molecule has 18 heavy (non-hydrogen) atoms. The van der Waals surface area contributed by atoms with Gasteiger partial charge in [0.1, 0.15) is 5.82 Å². The average molecular weight is 265 g/mol. The summed E-state index contributed by atoms with van der Waals surface area (Å²) in [6.07, 6.45) is 2.00. The Labute approximate surface area is 114 Å². The van der Waals surface area contributed by atoms with Crippen molar-refractivity contribution in [2.45, 2.75) is 37.8 Å². The molecule has 2 atom stereocenters. The largest absolute Gasteiger partial charge is 0.354 e. The fourth-order valence-electron chi connectivity index (χ4n) is 2.61. The van der Waals surface area contributed by atoms with Gasteiger partial charge in [-0.2, -0.15) is 11.8 Å². The molecule has 0 aromatic carbocycles. The molecule has 1 fully saturated rings. The Morgan fingerprint density at radius 3 is 2.61 bits per heavy atom. The molecule has 0 radical (unpaired) electrons. The maximum atomic E-state index is 4.67. The van der Waals surface area contributed by atoms with Gasteiger partial charge in [0.25, 0.3) is 0 Å². The van der Waals surface area contributed by atoms with Crippen LogP contribution in [0.5, 0.6) is 0 Å². The number of pyridine rings is 1. The second-order valence-corrected chi connectivity index (χ2v) is 7.06. The summed E-state index contributed by atoms with van der Waals surface area (Å²) in [6, 6.07) is 2.25. The van der Waals surface area contributed by atoms with Crippen molar-refractivity contribution in [2.24, 2.45) is 0 Å². The minimum Gasteiger partial charge on any atom is -0.354 e. The van der Waals surface area contributed by atoms with E-state index in [0.29, 0.717) is 10.5 Å². The number of rotatable bonds is 3. The Morgan fingerprint density at radius 2 is 2.06 bits per heavy atom. The zero-order valence-electron chi connectivity index (χ0n) is 11.7. The van der Waals surface area contributed by atoms with Gasteiger partial charge in [0.15, 0.2) is 0 Å². The van der Waals surface area contributed by atoms with Gasteiger partial charge in [-0.05, 0) is 31.2 Å². The number of anilines is 1. The van der Waals surface area contributed by atoms with Crippen molar-refractivity contribution in [1.82, 2.24) is 10.3 Å².